The van der Waals surface area contributed by atoms with Gasteiger partial charge in [-0.2, -0.15) is 0 Å². The fraction of sp³-hybridized carbons (Fsp3) is 0.667. The van der Waals surface area contributed by atoms with Crippen LogP contribution in [-0.2, 0) is 9.36 Å². The van der Waals surface area contributed by atoms with Gasteiger partial charge in [0.2, 0.25) is 0 Å². The zero-order valence-electron chi connectivity index (χ0n) is 5.15. The van der Waals surface area contributed by atoms with Gasteiger partial charge in [0, 0.05) is 0 Å². The third kappa shape index (κ3) is 2.96. The van der Waals surface area contributed by atoms with E-state index in [0.717, 1.165) is 0 Å². The Morgan fingerprint density at radius 3 is 1.73 bits per heavy atom. The highest BCUT2D eigenvalue weighted by atomic mass is 31.2. The summed E-state index contributed by atoms with van der Waals surface area (Å²) in [4.78, 5) is 26.1. The number of hydrogen-bond donors (Lipinski definition) is 5. The van der Waals surface area contributed by atoms with Gasteiger partial charge in [0.05, 0.1) is 0 Å². The molecule has 0 aromatic carbocycles. The second-order valence-electron chi connectivity index (χ2n) is 1.79. The molecule has 0 aliphatic heterocycles. The molecule has 0 spiro atoms. The standard InChI is InChI=1S/C3H7O7P/c4-1(2(5)6)3(7)11(8,9)10/h1,3-4,7H,(H,5,6)(H2,8,9,10)/t1-,3?/m0/s1. The Balaban J connectivity index is 4.38. The van der Waals surface area contributed by atoms with E-state index in [9.17, 15) is 9.36 Å². The summed E-state index contributed by atoms with van der Waals surface area (Å²) in [5.41, 5.74) is 0. The molecule has 0 saturated heterocycles. The molecular formula is C3H7O7P. The van der Waals surface area contributed by atoms with Gasteiger partial charge >= 0.3 is 13.6 Å². The first-order valence-electron chi connectivity index (χ1n) is 2.41. The summed E-state index contributed by atoms with van der Waals surface area (Å²) in [5, 5.41) is 24.8. The number of hydrogen-bond acceptors (Lipinski definition) is 4. The molecule has 5 N–H and O–H groups in total. The van der Waals surface area contributed by atoms with Crippen molar-refractivity contribution >= 4 is 13.6 Å². The van der Waals surface area contributed by atoms with Crippen LogP contribution in [0.3, 0.4) is 0 Å². The van der Waals surface area contributed by atoms with Crippen molar-refractivity contribution in [1.82, 2.24) is 0 Å². The second-order valence-corrected chi connectivity index (χ2v) is 3.49. The van der Waals surface area contributed by atoms with Crippen LogP contribution in [0.2, 0.25) is 0 Å². The molecule has 0 fully saturated rings. The van der Waals surface area contributed by atoms with Gasteiger partial charge in [-0.25, -0.2) is 4.79 Å². The largest absolute Gasteiger partial charge is 0.479 e. The topological polar surface area (TPSA) is 135 Å². The highest BCUT2D eigenvalue weighted by Gasteiger charge is 2.37. The number of aliphatic hydroxyl groups excluding tert-OH is 2. The third-order valence-electron chi connectivity index (χ3n) is 0.880. The van der Waals surface area contributed by atoms with E-state index < -0.39 is 25.5 Å². The number of aliphatic carboxylic acids is 1. The number of carboxylic acids is 1. The number of carboxylic acid groups (broad SMARTS) is 1. The van der Waals surface area contributed by atoms with Gasteiger partial charge < -0.3 is 25.1 Å². The lowest BCUT2D eigenvalue weighted by atomic mass is 10.4. The molecule has 7 nitrogen and oxygen atoms in total. The molecule has 0 aliphatic carbocycles. The average Bonchev–Trinajstić information content (AvgIpc) is 1.82. The molecule has 1 unspecified atom stereocenters. The van der Waals surface area contributed by atoms with Gasteiger partial charge in [-0.1, -0.05) is 0 Å². The van der Waals surface area contributed by atoms with E-state index in [-0.39, 0.29) is 0 Å². The van der Waals surface area contributed by atoms with Crippen molar-refractivity contribution in [3.63, 3.8) is 0 Å². The molecule has 2 atom stereocenters. The SMILES string of the molecule is O=C(O)[C@H](O)C(O)P(=O)(O)O. The lowest BCUT2D eigenvalue weighted by Gasteiger charge is -2.14. The molecule has 0 aromatic heterocycles. The normalized spacial score (nSPS) is 17.5. The summed E-state index contributed by atoms with van der Waals surface area (Å²) < 4.78 is 10.1. The van der Waals surface area contributed by atoms with Crippen LogP contribution in [-0.4, -0.2) is 43.0 Å². The first-order chi connectivity index (χ1) is 4.76. The maximum Gasteiger partial charge on any atom is 0.357 e. The van der Waals surface area contributed by atoms with Crippen molar-refractivity contribution in [1.29, 1.82) is 0 Å². The van der Waals surface area contributed by atoms with E-state index >= 15 is 0 Å². The van der Waals surface area contributed by atoms with Crippen LogP contribution in [0.5, 0.6) is 0 Å². The number of rotatable bonds is 3. The van der Waals surface area contributed by atoms with E-state index in [1.165, 1.54) is 0 Å². The molecule has 66 valence electrons. The quantitative estimate of drug-likeness (QED) is 0.319. The molecule has 0 rings (SSSR count). The monoisotopic (exact) mass is 186 g/mol. The molecule has 0 aromatic rings. The Kier molecular flexibility index (Phi) is 3.15. The number of carbonyl (C=O) groups is 1. The van der Waals surface area contributed by atoms with E-state index in [4.69, 9.17) is 25.1 Å². The Morgan fingerprint density at radius 2 is 1.64 bits per heavy atom. The fourth-order valence-electron chi connectivity index (χ4n) is 0.311. The lowest BCUT2D eigenvalue weighted by Crippen LogP contribution is -2.33. The van der Waals surface area contributed by atoms with Crippen molar-refractivity contribution < 1.29 is 34.5 Å². The van der Waals surface area contributed by atoms with Crippen molar-refractivity contribution in [2.75, 3.05) is 0 Å². The first-order valence-corrected chi connectivity index (χ1v) is 4.09. The fourth-order valence-corrected chi connectivity index (χ4v) is 0.807. The molecule has 11 heavy (non-hydrogen) atoms. The summed E-state index contributed by atoms with van der Waals surface area (Å²) in [6.07, 6.45) is -2.46. The van der Waals surface area contributed by atoms with Crippen LogP contribution in [0, 0.1) is 0 Å². The maximum atomic E-state index is 10.1. The van der Waals surface area contributed by atoms with Gasteiger partial charge in [-0.05, 0) is 0 Å². The van der Waals surface area contributed by atoms with Crippen LogP contribution in [0.1, 0.15) is 0 Å². The number of aliphatic hydroxyl groups is 2. The predicted octanol–water partition coefficient (Wildman–Crippen LogP) is -2.07. The minimum Gasteiger partial charge on any atom is -0.479 e. The minimum absolute atomic E-state index is 1.89. The molecule has 8 heteroatoms. The molecule has 0 bridgehead atoms. The Morgan fingerprint density at radius 1 is 1.27 bits per heavy atom. The maximum absolute atomic E-state index is 10.1. The van der Waals surface area contributed by atoms with Gasteiger partial charge in [0.15, 0.2) is 11.9 Å². The zero-order chi connectivity index (χ0) is 9.23. The van der Waals surface area contributed by atoms with Crippen LogP contribution < -0.4 is 0 Å². The molecule has 0 amide bonds. The first kappa shape index (κ1) is 10.5. The Hall–Kier alpha value is -0.460. The second kappa shape index (κ2) is 3.29. The van der Waals surface area contributed by atoms with Crippen LogP contribution in [0.4, 0.5) is 0 Å². The average molecular weight is 186 g/mol. The van der Waals surface area contributed by atoms with Crippen molar-refractivity contribution in [3.05, 3.63) is 0 Å². The highest BCUT2D eigenvalue weighted by Crippen LogP contribution is 2.41. The zero-order valence-corrected chi connectivity index (χ0v) is 6.05. The van der Waals surface area contributed by atoms with Crippen molar-refractivity contribution in [3.8, 4) is 0 Å². The van der Waals surface area contributed by atoms with Crippen LogP contribution in [0.25, 0.3) is 0 Å². The summed E-state index contributed by atoms with van der Waals surface area (Å²) in [5.74, 6) is -4.46. The van der Waals surface area contributed by atoms with Crippen molar-refractivity contribution in [2.45, 2.75) is 11.9 Å². The Bertz CT molecular complexity index is 194. The molecule has 0 radical (unpaired) electrons. The lowest BCUT2D eigenvalue weighted by molar-refractivity contribution is -0.150. The van der Waals surface area contributed by atoms with E-state index in [2.05, 4.69) is 0 Å². The molecule has 0 aliphatic rings. The molecule has 0 saturated carbocycles. The summed E-state index contributed by atoms with van der Waals surface area (Å²) in [6.45, 7) is 0. The highest BCUT2D eigenvalue weighted by molar-refractivity contribution is 7.52. The summed E-state index contributed by atoms with van der Waals surface area (Å²) >= 11 is 0. The van der Waals surface area contributed by atoms with Crippen LogP contribution >= 0.6 is 7.60 Å². The smallest absolute Gasteiger partial charge is 0.357 e. The van der Waals surface area contributed by atoms with Crippen LogP contribution in [0.15, 0.2) is 0 Å². The van der Waals surface area contributed by atoms with Gasteiger partial charge in [-0.3, -0.25) is 4.57 Å². The molecule has 0 heterocycles. The summed E-state index contributed by atoms with van der Waals surface area (Å²) in [7, 11) is -4.94. The third-order valence-corrected chi connectivity index (χ3v) is 1.85. The minimum atomic E-state index is -4.94. The summed E-state index contributed by atoms with van der Waals surface area (Å²) in [6, 6.07) is 0. The predicted molar refractivity (Wildman–Crippen MR) is 31.7 cm³/mol. The van der Waals surface area contributed by atoms with Gasteiger partial charge in [0.1, 0.15) is 0 Å². The van der Waals surface area contributed by atoms with Crippen molar-refractivity contribution in [2.24, 2.45) is 0 Å². The van der Waals surface area contributed by atoms with E-state index in [1.807, 2.05) is 0 Å². The molecular weight excluding hydrogens is 179 g/mol. The van der Waals surface area contributed by atoms with E-state index in [0.29, 0.717) is 0 Å². The Labute approximate surface area is 61.1 Å². The van der Waals surface area contributed by atoms with Gasteiger partial charge in [0.25, 0.3) is 0 Å². The van der Waals surface area contributed by atoms with E-state index in [1.54, 1.807) is 0 Å². The van der Waals surface area contributed by atoms with Gasteiger partial charge in [-0.15, -0.1) is 0 Å².